The maximum atomic E-state index is 11.9. The van der Waals surface area contributed by atoms with Gasteiger partial charge in [0.2, 0.25) is 0 Å². The Balaban J connectivity index is 2.08. The molecule has 0 aromatic carbocycles. The Morgan fingerprint density at radius 1 is 1.45 bits per heavy atom. The summed E-state index contributed by atoms with van der Waals surface area (Å²) >= 11 is 0. The van der Waals surface area contributed by atoms with Gasteiger partial charge in [-0.05, 0) is 19.8 Å². The highest BCUT2D eigenvalue weighted by atomic mass is 16.5. The molecule has 0 N–H and O–H groups in total. The van der Waals surface area contributed by atoms with Crippen molar-refractivity contribution in [3.8, 4) is 0 Å². The number of carbonyl (C=O) groups excluding carboxylic acids is 1. The highest BCUT2D eigenvalue weighted by Gasteiger charge is 2.18. The Bertz CT molecular complexity index is 601. The Morgan fingerprint density at radius 3 is 2.80 bits per heavy atom. The third kappa shape index (κ3) is 3.23. The molecule has 0 fully saturated rings. The van der Waals surface area contributed by atoms with E-state index >= 15 is 0 Å². The van der Waals surface area contributed by atoms with Crippen molar-refractivity contribution in [3.63, 3.8) is 0 Å². The molecular formula is C13H18N4O3. The van der Waals surface area contributed by atoms with Gasteiger partial charge in [-0.25, -0.2) is 9.48 Å². The molecule has 0 spiro atoms. The van der Waals surface area contributed by atoms with E-state index in [9.17, 15) is 4.79 Å². The highest BCUT2D eigenvalue weighted by Crippen LogP contribution is 2.10. The molecule has 7 nitrogen and oxygen atoms in total. The Kier molecular flexibility index (Phi) is 4.16. The van der Waals surface area contributed by atoms with Crippen LogP contribution in [-0.2, 0) is 11.3 Å². The van der Waals surface area contributed by atoms with Crippen LogP contribution in [0.4, 0.5) is 0 Å². The van der Waals surface area contributed by atoms with E-state index in [1.54, 1.807) is 11.6 Å². The first-order valence-corrected chi connectivity index (χ1v) is 6.46. The molecule has 0 aliphatic heterocycles. The average molecular weight is 278 g/mol. The number of esters is 1. The van der Waals surface area contributed by atoms with Crippen LogP contribution in [0, 0.1) is 19.8 Å². The van der Waals surface area contributed by atoms with Crippen LogP contribution in [0.15, 0.2) is 10.6 Å². The van der Waals surface area contributed by atoms with Crippen LogP contribution in [0.2, 0.25) is 0 Å². The van der Waals surface area contributed by atoms with Gasteiger partial charge in [-0.1, -0.05) is 24.2 Å². The van der Waals surface area contributed by atoms with E-state index in [-0.39, 0.29) is 11.6 Å². The lowest BCUT2D eigenvalue weighted by Crippen LogP contribution is -2.12. The van der Waals surface area contributed by atoms with Crippen molar-refractivity contribution in [1.29, 1.82) is 0 Å². The minimum Gasteiger partial charge on any atom is -0.461 e. The molecule has 0 amide bonds. The van der Waals surface area contributed by atoms with E-state index in [4.69, 9.17) is 9.26 Å². The van der Waals surface area contributed by atoms with Gasteiger partial charge in [0.25, 0.3) is 0 Å². The lowest BCUT2D eigenvalue weighted by atomic mass is 10.2. The Labute approximate surface area is 116 Å². The first-order valence-electron chi connectivity index (χ1n) is 6.46. The van der Waals surface area contributed by atoms with Crippen LogP contribution < -0.4 is 0 Å². The summed E-state index contributed by atoms with van der Waals surface area (Å²) in [6.45, 7) is 8.33. The maximum absolute atomic E-state index is 11.9. The first kappa shape index (κ1) is 14.2. The zero-order chi connectivity index (χ0) is 14.7. The van der Waals surface area contributed by atoms with Crippen molar-refractivity contribution in [1.82, 2.24) is 20.2 Å². The monoisotopic (exact) mass is 278 g/mol. The van der Waals surface area contributed by atoms with Crippen molar-refractivity contribution in [2.75, 3.05) is 6.61 Å². The van der Waals surface area contributed by atoms with Gasteiger partial charge in [0.15, 0.2) is 5.69 Å². The topological polar surface area (TPSA) is 83.0 Å². The fourth-order valence-electron chi connectivity index (χ4n) is 1.66. The number of hydrogen-bond donors (Lipinski definition) is 0. The minimum atomic E-state index is -0.446. The van der Waals surface area contributed by atoms with Crippen LogP contribution in [0.25, 0.3) is 0 Å². The van der Waals surface area contributed by atoms with E-state index in [1.807, 2.05) is 26.8 Å². The highest BCUT2D eigenvalue weighted by molar-refractivity contribution is 5.88. The van der Waals surface area contributed by atoms with Crippen molar-refractivity contribution < 1.29 is 14.1 Å². The Hall–Kier alpha value is -2.18. The normalized spacial score (nSPS) is 11.1. The molecule has 2 heterocycles. The predicted octanol–water partition coefficient (Wildman–Crippen LogP) is 1.74. The fraction of sp³-hybridized carbons (Fsp3) is 0.538. The van der Waals surface area contributed by atoms with Gasteiger partial charge in [0, 0.05) is 6.07 Å². The second kappa shape index (κ2) is 5.85. The van der Waals surface area contributed by atoms with E-state index < -0.39 is 5.97 Å². The van der Waals surface area contributed by atoms with Crippen molar-refractivity contribution in [3.05, 3.63) is 28.9 Å². The standard InChI is InChI=1S/C13H18N4O3/c1-8(2)7-19-13(18)12-10(4)17(16-14-12)6-11-5-9(3)20-15-11/h5,8H,6-7H2,1-4H3. The molecule has 108 valence electrons. The number of ether oxygens (including phenoxy) is 1. The number of rotatable bonds is 5. The summed E-state index contributed by atoms with van der Waals surface area (Å²) in [5.41, 5.74) is 1.63. The zero-order valence-corrected chi connectivity index (χ0v) is 12.1. The summed E-state index contributed by atoms with van der Waals surface area (Å²) in [5.74, 6) is 0.570. The molecule has 0 atom stereocenters. The smallest absolute Gasteiger partial charge is 0.360 e. The van der Waals surface area contributed by atoms with Crippen molar-refractivity contribution >= 4 is 5.97 Å². The summed E-state index contributed by atoms with van der Waals surface area (Å²) in [6, 6.07) is 1.82. The van der Waals surface area contributed by atoms with Crippen LogP contribution in [0.3, 0.4) is 0 Å². The lowest BCUT2D eigenvalue weighted by Gasteiger charge is -2.05. The molecular weight excluding hydrogens is 260 g/mol. The van der Waals surface area contributed by atoms with E-state index in [0.29, 0.717) is 18.8 Å². The summed E-state index contributed by atoms with van der Waals surface area (Å²) in [5, 5.41) is 11.7. The number of hydrogen-bond acceptors (Lipinski definition) is 6. The zero-order valence-electron chi connectivity index (χ0n) is 12.1. The largest absolute Gasteiger partial charge is 0.461 e. The van der Waals surface area contributed by atoms with Gasteiger partial charge < -0.3 is 9.26 Å². The molecule has 2 aromatic rings. The molecule has 2 aromatic heterocycles. The van der Waals surface area contributed by atoms with Gasteiger partial charge in [0.1, 0.15) is 11.5 Å². The Morgan fingerprint density at radius 2 is 2.20 bits per heavy atom. The molecule has 0 saturated heterocycles. The number of aromatic nitrogens is 4. The average Bonchev–Trinajstić information content (AvgIpc) is 2.95. The third-order valence-corrected chi connectivity index (χ3v) is 2.71. The second-order valence-corrected chi connectivity index (χ2v) is 5.10. The van der Waals surface area contributed by atoms with E-state index in [2.05, 4.69) is 15.5 Å². The van der Waals surface area contributed by atoms with Crippen molar-refractivity contribution in [2.45, 2.75) is 34.2 Å². The molecule has 7 heteroatoms. The molecule has 0 radical (unpaired) electrons. The van der Waals surface area contributed by atoms with Gasteiger partial charge in [0.05, 0.1) is 18.8 Å². The maximum Gasteiger partial charge on any atom is 0.360 e. The quantitative estimate of drug-likeness (QED) is 0.775. The van der Waals surface area contributed by atoms with Gasteiger partial charge in [-0.3, -0.25) is 0 Å². The molecule has 0 aliphatic carbocycles. The van der Waals surface area contributed by atoms with Crippen LogP contribution in [0.5, 0.6) is 0 Å². The molecule has 0 unspecified atom stereocenters. The molecule has 0 bridgehead atoms. The second-order valence-electron chi connectivity index (χ2n) is 5.10. The lowest BCUT2D eigenvalue weighted by molar-refractivity contribution is 0.0451. The summed E-state index contributed by atoms with van der Waals surface area (Å²) in [4.78, 5) is 11.9. The third-order valence-electron chi connectivity index (χ3n) is 2.71. The van der Waals surface area contributed by atoms with Crippen LogP contribution in [-0.4, -0.2) is 32.7 Å². The molecule has 0 saturated carbocycles. The summed E-state index contributed by atoms with van der Waals surface area (Å²) in [7, 11) is 0. The van der Waals surface area contributed by atoms with Crippen molar-refractivity contribution in [2.24, 2.45) is 5.92 Å². The summed E-state index contributed by atoms with van der Waals surface area (Å²) in [6.07, 6.45) is 0. The SMILES string of the molecule is Cc1cc(Cn2nnc(C(=O)OCC(C)C)c2C)no1. The van der Waals surface area contributed by atoms with Gasteiger partial charge >= 0.3 is 5.97 Å². The van der Waals surface area contributed by atoms with E-state index in [0.717, 1.165) is 11.5 Å². The van der Waals surface area contributed by atoms with Crippen LogP contribution in [0.1, 0.15) is 41.5 Å². The molecule has 0 aliphatic rings. The number of nitrogens with zero attached hydrogens (tertiary/aromatic N) is 4. The summed E-state index contributed by atoms with van der Waals surface area (Å²) < 4.78 is 11.7. The van der Waals surface area contributed by atoms with E-state index in [1.165, 1.54) is 0 Å². The minimum absolute atomic E-state index is 0.242. The predicted molar refractivity (Wildman–Crippen MR) is 70.2 cm³/mol. The molecule has 2 rings (SSSR count). The van der Waals surface area contributed by atoms with Crippen LogP contribution >= 0.6 is 0 Å². The fourth-order valence-corrected chi connectivity index (χ4v) is 1.66. The first-order chi connectivity index (χ1) is 9.47. The van der Waals surface area contributed by atoms with Gasteiger partial charge in [-0.2, -0.15) is 0 Å². The molecule has 20 heavy (non-hydrogen) atoms. The number of aryl methyl sites for hydroxylation is 1. The van der Waals surface area contributed by atoms with Gasteiger partial charge in [-0.15, -0.1) is 5.10 Å². The number of carbonyl (C=O) groups is 1.